The van der Waals surface area contributed by atoms with Gasteiger partial charge in [0.25, 0.3) is 5.91 Å². The van der Waals surface area contributed by atoms with E-state index in [0.717, 1.165) is 47.5 Å². The molecule has 1 N–H and O–H groups in total. The molecule has 0 atom stereocenters. The third-order valence-electron chi connectivity index (χ3n) is 5.19. The fourth-order valence-corrected chi connectivity index (χ4v) is 5.37. The summed E-state index contributed by atoms with van der Waals surface area (Å²) in [5, 5.41) is 4.90. The first-order chi connectivity index (χ1) is 14.6. The number of hydrogen-bond donors (Lipinski definition) is 1. The van der Waals surface area contributed by atoms with Crippen LogP contribution >= 0.6 is 34.5 Å². The standard InChI is InChI=1S/C24H22Cl2N2OS/c25-17-13-12-16(20(26)14-17)15-27-24-22(23(29)28-18-8-4-3-5-9-18)19-10-6-1-2-7-11-21(19)30-24/h3-5,8-9,12-15H,1-2,6-7,10-11H2,(H,28,29). The predicted octanol–water partition coefficient (Wildman–Crippen LogP) is 7.72. The Morgan fingerprint density at radius 1 is 1.00 bits per heavy atom. The first kappa shape index (κ1) is 21.1. The van der Waals surface area contributed by atoms with Crippen LogP contribution in [-0.2, 0) is 12.8 Å². The third-order valence-corrected chi connectivity index (χ3v) is 6.96. The number of halogens is 2. The van der Waals surface area contributed by atoms with Crippen molar-refractivity contribution in [2.45, 2.75) is 38.5 Å². The number of thiophene rings is 1. The SMILES string of the molecule is O=C(Nc1ccccc1)c1c(N=Cc2ccc(Cl)cc2Cl)sc2c1CCCCCC2. The van der Waals surface area contributed by atoms with E-state index in [-0.39, 0.29) is 5.91 Å². The zero-order valence-corrected chi connectivity index (χ0v) is 18.8. The first-order valence-electron chi connectivity index (χ1n) is 10.1. The summed E-state index contributed by atoms with van der Waals surface area (Å²) < 4.78 is 0. The molecule has 0 bridgehead atoms. The molecule has 0 radical (unpaired) electrons. The largest absolute Gasteiger partial charge is 0.322 e. The van der Waals surface area contributed by atoms with Gasteiger partial charge in [-0.1, -0.05) is 60.3 Å². The van der Waals surface area contributed by atoms with Gasteiger partial charge in [-0.3, -0.25) is 4.79 Å². The van der Waals surface area contributed by atoms with E-state index in [4.69, 9.17) is 28.2 Å². The highest BCUT2D eigenvalue weighted by Gasteiger charge is 2.24. The van der Waals surface area contributed by atoms with Crippen molar-refractivity contribution >= 4 is 57.3 Å². The van der Waals surface area contributed by atoms with Gasteiger partial charge in [-0.05, 0) is 55.5 Å². The quantitative estimate of drug-likeness (QED) is 0.401. The van der Waals surface area contributed by atoms with Gasteiger partial charge in [0.2, 0.25) is 0 Å². The number of para-hydroxylation sites is 1. The van der Waals surface area contributed by atoms with E-state index >= 15 is 0 Å². The molecule has 1 amide bonds. The van der Waals surface area contributed by atoms with Crippen LogP contribution in [0.5, 0.6) is 0 Å². The number of fused-ring (bicyclic) bond motifs is 1. The Morgan fingerprint density at radius 2 is 1.77 bits per heavy atom. The van der Waals surface area contributed by atoms with Crippen molar-refractivity contribution in [3.8, 4) is 0 Å². The molecule has 3 aromatic rings. The van der Waals surface area contributed by atoms with Gasteiger partial charge in [-0.15, -0.1) is 11.3 Å². The second-order valence-corrected chi connectivity index (χ2v) is 9.27. The molecular formula is C24H22Cl2N2OS. The number of carbonyl (C=O) groups is 1. The van der Waals surface area contributed by atoms with Crippen molar-refractivity contribution < 1.29 is 4.79 Å². The van der Waals surface area contributed by atoms with Gasteiger partial charge < -0.3 is 5.32 Å². The summed E-state index contributed by atoms with van der Waals surface area (Å²) in [5.41, 5.74) is 3.41. The lowest BCUT2D eigenvalue weighted by atomic mass is 9.96. The molecule has 1 aliphatic rings. The molecular weight excluding hydrogens is 435 g/mol. The second kappa shape index (κ2) is 9.78. The molecule has 1 aliphatic carbocycles. The Labute approximate surface area is 190 Å². The van der Waals surface area contributed by atoms with E-state index < -0.39 is 0 Å². The highest BCUT2D eigenvalue weighted by molar-refractivity contribution is 7.16. The molecule has 0 aliphatic heterocycles. The molecule has 2 aromatic carbocycles. The minimum atomic E-state index is -0.103. The molecule has 0 saturated heterocycles. The van der Waals surface area contributed by atoms with E-state index in [9.17, 15) is 4.79 Å². The van der Waals surface area contributed by atoms with E-state index in [0.29, 0.717) is 15.6 Å². The van der Waals surface area contributed by atoms with Crippen LogP contribution < -0.4 is 5.32 Å². The lowest BCUT2D eigenvalue weighted by Gasteiger charge is -2.12. The number of carbonyl (C=O) groups excluding carboxylic acids is 1. The molecule has 6 heteroatoms. The van der Waals surface area contributed by atoms with Crippen LogP contribution in [0.25, 0.3) is 0 Å². The van der Waals surface area contributed by atoms with Crippen LogP contribution in [0, 0.1) is 0 Å². The van der Waals surface area contributed by atoms with E-state index in [2.05, 4.69) is 5.32 Å². The summed E-state index contributed by atoms with van der Waals surface area (Å²) in [7, 11) is 0. The average Bonchev–Trinajstić information content (AvgIpc) is 3.04. The van der Waals surface area contributed by atoms with Crippen LogP contribution in [0.15, 0.2) is 53.5 Å². The second-order valence-electron chi connectivity index (χ2n) is 7.34. The van der Waals surface area contributed by atoms with Gasteiger partial charge in [0.05, 0.1) is 10.6 Å². The fourth-order valence-electron chi connectivity index (χ4n) is 3.68. The normalized spacial score (nSPS) is 14.2. The molecule has 0 fully saturated rings. The molecule has 3 nitrogen and oxygen atoms in total. The van der Waals surface area contributed by atoms with Crippen molar-refractivity contribution in [3.05, 3.63) is 80.1 Å². The van der Waals surface area contributed by atoms with Crippen molar-refractivity contribution in [1.29, 1.82) is 0 Å². The summed E-state index contributed by atoms with van der Waals surface area (Å²) >= 11 is 13.9. The smallest absolute Gasteiger partial charge is 0.259 e. The maximum atomic E-state index is 13.3. The van der Waals surface area contributed by atoms with Gasteiger partial charge in [0, 0.05) is 27.4 Å². The third kappa shape index (κ3) is 4.94. The predicted molar refractivity (Wildman–Crippen MR) is 128 cm³/mol. The number of hydrogen-bond acceptors (Lipinski definition) is 3. The molecule has 0 spiro atoms. The topological polar surface area (TPSA) is 41.5 Å². The van der Waals surface area contributed by atoms with Gasteiger partial charge in [0.1, 0.15) is 5.00 Å². The molecule has 1 heterocycles. The van der Waals surface area contributed by atoms with Crippen LogP contribution in [0.4, 0.5) is 10.7 Å². The summed E-state index contributed by atoms with van der Waals surface area (Å²) in [4.78, 5) is 19.2. The molecule has 1 aromatic heterocycles. The highest BCUT2D eigenvalue weighted by Crippen LogP contribution is 2.39. The lowest BCUT2D eigenvalue weighted by Crippen LogP contribution is -2.14. The number of nitrogens with one attached hydrogen (secondary N) is 1. The van der Waals surface area contributed by atoms with E-state index in [1.807, 2.05) is 36.4 Å². The number of nitrogens with zero attached hydrogens (tertiary/aromatic N) is 1. The summed E-state index contributed by atoms with van der Waals surface area (Å²) in [6.45, 7) is 0. The van der Waals surface area contributed by atoms with Crippen LogP contribution in [0.1, 0.15) is 52.0 Å². The van der Waals surface area contributed by atoms with Crippen LogP contribution in [-0.4, -0.2) is 12.1 Å². The molecule has 4 rings (SSSR count). The number of amides is 1. The number of benzene rings is 2. The molecule has 30 heavy (non-hydrogen) atoms. The fraction of sp³-hybridized carbons (Fsp3) is 0.250. The number of anilines is 1. The summed E-state index contributed by atoms with van der Waals surface area (Å²) in [6.07, 6.45) is 8.33. The zero-order chi connectivity index (χ0) is 20.9. The maximum absolute atomic E-state index is 13.3. The summed E-state index contributed by atoms with van der Waals surface area (Å²) in [6, 6.07) is 14.9. The van der Waals surface area contributed by atoms with Crippen LogP contribution in [0.2, 0.25) is 10.0 Å². The minimum absolute atomic E-state index is 0.103. The molecule has 0 saturated carbocycles. The Bertz CT molecular complexity index is 1080. The molecule has 154 valence electrons. The highest BCUT2D eigenvalue weighted by atomic mass is 35.5. The first-order valence-corrected chi connectivity index (χ1v) is 11.7. The van der Waals surface area contributed by atoms with Gasteiger partial charge in [-0.25, -0.2) is 4.99 Å². The van der Waals surface area contributed by atoms with Crippen LogP contribution in [0.3, 0.4) is 0 Å². The Balaban J connectivity index is 1.72. The Kier molecular flexibility index (Phi) is 6.88. The zero-order valence-electron chi connectivity index (χ0n) is 16.5. The van der Waals surface area contributed by atoms with Crippen molar-refractivity contribution in [2.24, 2.45) is 4.99 Å². The summed E-state index contributed by atoms with van der Waals surface area (Å²) in [5.74, 6) is -0.103. The molecule has 0 unspecified atom stereocenters. The lowest BCUT2D eigenvalue weighted by molar-refractivity contribution is 0.102. The van der Waals surface area contributed by atoms with Crippen molar-refractivity contribution in [2.75, 3.05) is 5.32 Å². The van der Waals surface area contributed by atoms with Crippen molar-refractivity contribution in [1.82, 2.24) is 0 Å². The number of rotatable bonds is 4. The average molecular weight is 457 g/mol. The number of aryl methyl sites for hydroxylation is 1. The van der Waals surface area contributed by atoms with E-state index in [1.165, 1.54) is 17.7 Å². The minimum Gasteiger partial charge on any atom is -0.322 e. The van der Waals surface area contributed by atoms with Gasteiger partial charge >= 0.3 is 0 Å². The van der Waals surface area contributed by atoms with Gasteiger partial charge in [0.15, 0.2) is 0 Å². The Morgan fingerprint density at radius 3 is 2.53 bits per heavy atom. The van der Waals surface area contributed by atoms with Crippen molar-refractivity contribution in [3.63, 3.8) is 0 Å². The maximum Gasteiger partial charge on any atom is 0.259 e. The van der Waals surface area contributed by atoms with E-state index in [1.54, 1.807) is 29.7 Å². The van der Waals surface area contributed by atoms with Gasteiger partial charge in [-0.2, -0.15) is 0 Å². The number of aliphatic imine (C=N–C) groups is 1. The monoisotopic (exact) mass is 456 g/mol. The Hall–Kier alpha value is -2.14.